The average Bonchev–Trinajstić information content (AvgIpc) is 3.15. The van der Waals surface area contributed by atoms with E-state index in [0.29, 0.717) is 18.1 Å². The molecule has 0 aliphatic heterocycles. The molecule has 6 heteroatoms. The molecule has 152 valence electrons. The maximum atomic E-state index is 11.5. The largest absolute Gasteiger partial charge is 0.502 e. The quantitative estimate of drug-likeness (QED) is 0.667. The van der Waals surface area contributed by atoms with Gasteiger partial charge in [0.1, 0.15) is 5.82 Å². The summed E-state index contributed by atoms with van der Waals surface area (Å²) in [7, 11) is 0. The van der Waals surface area contributed by atoms with Crippen LogP contribution in [0, 0.1) is 6.92 Å². The fraction of sp³-hybridized carbons (Fsp3) is 0.261. The van der Waals surface area contributed by atoms with Gasteiger partial charge in [-0.25, -0.2) is 4.98 Å². The van der Waals surface area contributed by atoms with Crippen molar-refractivity contribution >= 4 is 6.41 Å². The molecule has 0 saturated heterocycles. The number of nitrogens with zero attached hydrogens (tertiary/aromatic N) is 1. The van der Waals surface area contributed by atoms with Crippen LogP contribution in [-0.4, -0.2) is 28.0 Å². The molecule has 1 aromatic rings. The standard InChI is InChI=1S/C14H16N2O2.C9H11NO/c1-9(11-7-5-3-4-6-8-11)13-15-10(2)12(17)14(18)16-13;11-8-10-7-9-5-3-1-2-4-6-9/h3-5,7-9,17H,6H2,1-2H3,(H,15,16,18);1-5,8H,6-7H2,(H,10,11). The van der Waals surface area contributed by atoms with E-state index in [1.807, 2.05) is 49.5 Å². The van der Waals surface area contributed by atoms with Crippen LogP contribution in [0.4, 0.5) is 0 Å². The smallest absolute Gasteiger partial charge is 0.293 e. The summed E-state index contributed by atoms with van der Waals surface area (Å²) in [5, 5.41) is 12.1. The molecule has 3 N–H and O–H groups in total. The Morgan fingerprint density at radius 1 is 1.24 bits per heavy atom. The Kier molecular flexibility index (Phi) is 8.63. The number of hydrogen-bond donors (Lipinski definition) is 3. The topological polar surface area (TPSA) is 95.1 Å². The first-order valence-electron chi connectivity index (χ1n) is 9.54. The minimum atomic E-state index is -0.485. The lowest BCUT2D eigenvalue weighted by Gasteiger charge is -2.12. The molecule has 0 bridgehead atoms. The van der Waals surface area contributed by atoms with E-state index in [9.17, 15) is 14.7 Å². The second-order valence-corrected chi connectivity index (χ2v) is 6.67. The van der Waals surface area contributed by atoms with Crippen molar-refractivity contribution in [2.75, 3.05) is 6.54 Å². The molecule has 1 amide bonds. The number of allylic oxidation sites excluding steroid dienone is 11. The van der Waals surface area contributed by atoms with Crippen LogP contribution in [0.5, 0.6) is 5.75 Å². The molecule has 2 aliphatic carbocycles. The first-order chi connectivity index (χ1) is 14.0. The number of aromatic nitrogens is 2. The molecule has 1 aromatic heterocycles. The predicted octanol–water partition coefficient (Wildman–Crippen LogP) is 3.50. The van der Waals surface area contributed by atoms with E-state index < -0.39 is 5.56 Å². The van der Waals surface area contributed by atoms with Gasteiger partial charge >= 0.3 is 0 Å². The maximum absolute atomic E-state index is 11.5. The third-order valence-electron chi connectivity index (χ3n) is 4.51. The molecular formula is C23H27N3O3. The van der Waals surface area contributed by atoms with Crippen molar-refractivity contribution in [3.05, 3.63) is 93.8 Å². The predicted molar refractivity (Wildman–Crippen MR) is 116 cm³/mol. The van der Waals surface area contributed by atoms with Crippen LogP contribution >= 0.6 is 0 Å². The number of amides is 1. The number of rotatable bonds is 5. The fourth-order valence-electron chi connectivity index (χ4n) is 2.81. The molecule has 3 rings (SSSR count). The minimum Gasteiger partial charge on any atom is -0.502 e. The molecule has 0 aromatic carbocycles. The second kappa shape index (κ2) is 11.4. The van der Waals surface area contributed by atoms with Crippen LogP contribution < -0.4 is 10.9 Å². The minimum absolute atomic E-state index is 0.00634. The summed E-state index contributed by atoms with van der Waals surface area (Å²) < 4.78 is 0. The Bertz CT molecular complexity index is 947. The number of carbonyl (C=O) groups is 1. The van der Waals surface area contributed by atoms with E-state index in [1.165, 1.54) is 5.57 Å². The molecule has 0 saturated carbocycles. The summed E-state index contributed by atoms with van der Waals surface area (Å²) in [4.78, 5) is 28.3. The van der Waals surface area contributed by atoms with Crippen LogP contribution in [-0.2, 0) is 4.79 Å². The van der Waals surface area contributed by atoms with Gasteiger partial charge in [0.2, 0.25) is 12.2 Å². The van der Waals surface area contributed by atoms with Crippen LogP contribution in [0.25, 0.3) is 0 Å². The summed E-state index contributed by atoms with van der Waals surface area (Å²) in [6, 6.07) is 0. The van der Waals surface area contributed by atoms with E-state index >= 15 is 0 Å². The molecule has 6 nitrogen and oxygen atoms in total. The highest BCUT2D eigenvalue weighted by atomic mass is 16.3. The Labute approximate surface area is 170 Å². The number of aromatic hydroxyl groups is 1. The van der Waals surface area contributed by atoms with Gasteiger partial charge in [-0.15, -0.1) is 0 Å². The third kappa shape index (κ3) is 6.92. The first-order valence-corrected chi connectivity index (χ1v) is 9.54. The van der Waals surface area contributed by atoms with Gasteiger partial charge in [0, 0.05) is 12.5 Å². The summed E-state index contributed by atoms with van der Waals surface area (Å²) in [5.74, 6) is 0.263. The van der Waals surface area contributed by atoms with E-state index in [1.54, 1.807) is 6.92 Å². The van der Waals surface area contributed by atoms with Gasteiger partial charge in [-0.3, -0.25) is 9.59 Å². The highest BCUT2D eigenvalue weighted by Gasteiger charge is 2.15. The lowest BCUT2D eigenvalue weighted by atomic mass is 9.99. The number of aryl methyl sites for hydroxylation is 1. The van der Waals surface area contributed by atoms with E-state index in [0.717, 1.165) is 24.8 Å². The fourth-order valence-corrected chi connectivity index (χ4v) is 2.81. The van der Waals surface area contributed by atoms with Gasteiger partial charge in [-0.2, -0.15) is 0 Å². The van der Waals surface area contributed by atoms with Gasteiger partial charge in [0.05, 0.1) is 5.69 Å². The maximum Gasteiger partial charge on any atom is 0.293 e. The Morgan fingerprint density at radius 3 is 2.79 bits per heavy atom. The number of nitrogens with one attached hydrogen (secondary N) is 2. The molecule has 0 spiro atoms. The molecule has 2 aliphatic rings. The number of H-pyrrole nitrogens is 1. The molecule has 1 heterocycles. The molecule has 1 unspecified atom stereocenters. The van der Waals surface area contributed by atoms with Crippen LogP contribution in [0.3, 0.4) is 0 Å². The van der Waals surface area contributed by atoms with E-state index in [-0.39, 0.29) is 11.7 Å². The normalized spacial score (nSPS) is 15.9. The summed E-state index contributed by atoms with van der Waals surface area (Å²) in [5.41, 5.74) is 2.20. The summed E-state index contributed by atoms with van der Waals surface area (Å²) in [6.07, 6.45) is 22.7. The molecular weight excluding hydrogens is 366 g/mol. The van der Waals surface area contributed by atoms with Crippen molar-refractivity contribution in [1.29, 1.82) is 0 Å². The zero-order valence-electron chi connectivity index (χ0n) is 16.8. The third-order valence-corrected chi connectivity index (χ3v) is 4.51. The van der Waals surface area contributed by atoms with E-state index in [2.05, 4.69) is 33.5 Å². The van der Waals surface area contributed by atoms with Crippen molar-refractivity contribution < 1.29 is 9.90 Å². The molecule has 1 atom stereocenters. The van der Waals surface area contributed by atoms with Gasteiger partial charge in [-0.05, 0) is 30.9 Å². The van der Waals surface area contributed by atoms with Crippen molar-refractivity contribution in [1.82, 2.24) is 15.3 Å². The number of aromatic amines is 1. The Morgan fingerprint density at radius 2 is 2.03 bits per heavy atom. The van der Waals surface area contributed by atoms with Crippen molar-refractivity contribution in [2.24, 2.45) is 0 Å². The van der Waals surface area contributed by atoms with Gasteiger partial charge in [0.25, 0.3) is 5.56 Å². The number of carbonyl (C=O) groups excluding carboxylic acids is 1. The van der Waals surface area contributed by atoms with Crippen LogP contribution in [0.15, 0.2) is 76.7 Å². The van der Waals surface area contributed by atoms with E-state index in [4.69, 9.17) is 0 Å². The average molecular weight is 393 g/mol. The lowest BCUT2D eigenvalue weighted by molar-refractivity contribution is -0.109. The lowest BCUT2D eigenvalue weighted by Crippen LogP contribution is -2.15. The highest BCUT2D eigenvalue weighted by molar-refractivity contribution is 5.47. The Hall–Kier alpha value is -3.41. The van der Waals surface area contributed by atoms with Crippen LogP contribution in [0.1, 0.15) is 37.2 Å². The van der Waals surface area contributed by atoms with Crippen molar-refractivity contribution in [3.63, 3.8) is 0 Å². The zero-order chi connectivity index (χ0) is 21.1. The SMILES string of the molecule is Cc1nc(C(C)C2=CCC=CC=C2)[nH]c(=O)c1O.O=CNCC1=CC=CC=CC1. The molecule has 0 fully saturated rings. The summed E-state index contributed by atoms with van der Waals surface area (Å²) >= 11 is 0. The molecule has 29 heavy (non-hydrogen) atoms. The summed E-state index contributed by atoms with van der Waals surface area (Å²) in [6.45, 7) is 4.26. The Balaban J connectivity index is 0.000000234. The van der Waals surface area contributed by atoms with Crippen molar-refractivity contribution in [2.45, 2.75) is 32.6 Å². The zero-order valence-corrected chi connectivity index (χ0v) is 16.8. The molecule has 0 radical (unpaired) electrons. The van der Waals surface area contributed by atoms with Crippen molar-refractivity contribution in [3.8, 4) is 5.75 Å². The first kappa shape index (κ1) is 21.9. The van der Waals surface area contributed by atoms with Gasteiger partial charge < -0.3 is 15.4 Å². The number of hydrogen-bond acceptors (Lipinski definition) is 4. The second-order valence-electron chi connectivity index (χ2n) is 6.67. The van der Waals surface area contributed by atoms with Crippen LogP contribution in [0.2, 0.25) is 0 Å². The highest BCUT2D eigenvalue weighted by Crippen LogP contribution is 2.24. The monoisotopic (exact) mass is 393 g/mol. The van der Waals surface area contributed by atoms with Gasteiger partial charge in [-0.1, -0.05) is 67.7 Å². The van der Waals surface area contributed by atoms with Gasteiger partial charge in [0.15, 0.2) is 0 Å².